The first-order chi connectivity index (χ1) is 15.1. The van der Waals surface area contributed by atoms with Crippen LogP contribution in [0.25, 0.3) is 10.9 Å². The van der Waals surface area contributed by atoms with Crippen LogP contribution in [0.2, 0.25) is 0 Å². The number of amides is 2. The third kappa shape index (κ3) is 4.79. The predicted molar refractivity (Wildman–Crippen MR) is 119 cm³/mol. The summed E-state index contributed by atoms with van der Waals surface area (Å²) in [6.07, 6.45) is 0. The van der Waals surface area contributed by atoms with Gasteiger partial charge in [0, 0.05) is 16.5 Å². The summed E-state index contributed by atoms with van der Waals surface area (Å²) in [5.74, 6) is -0.749. The standard InChI is InChI=1S/C24H19N5O2/c1-16-19-14-8-9-15-20(19)26-23(25-16)29-24(27-21(30)17-10-4-2-5-11-17)28-22(31)18-12-6-3-7-13-18/h2-15H,1H3,(H2,25,26,27,28,29,30,31). The molecule has 4 rings (SSSR count). The zero-order valence-corrected chi connectivity index (χ0v) is 16.7. The molecule has 0 aliphatic heterocycles. The van der Waals surface area contributed by atoms with Gasteiger partial charge in [0.15, 0.2) is 0 Å². The molecule has 0 radical (unpaired) electrons. The molecule has 1 heterocycles. The summed E-state index contributed by atoms with van der Waals surface area (Å²) in [6, 6.07) is 24.9. The van der Waals surface area contributed by atoms with Gasteiger partial charge in [0.1, 0.15) is 0 Å². The average Bonchev–Trinajstić information content (AvgIpc) is 2.80. The molecule has 0 saturated carbocycles. The molecule has 3 aromatic carbocycles. The minimum Gasteiger partial charge on any atom is -0.292 e. The number of benzene rings is 3. The van der Waals surface area contributed by atoms with E-state index in [1.165, 1.54) is 0 Å². The first-order valence-electron chi connectivity index (χ1n) is 9.65. The predicted octanol–water partition coefficient (Wildman–Crippen LogP) is 3.79. The lowest BCUT2D eigenvalue weighted by Crippen LogP contribution is -2.43. The van der Waals surface area contributed by atoms with Gasteiger partial charge in [-0.25, -0.2) is 9.97 Å². The lowest BCUT2D eigenvalue weighted by molar-refractivity contribution is 0.0966. The maximum absolute atomic E-state index is 12.7. The number of hydrogen-bond acceptors (Lipinski definition) is 5. The Morgan fingerprint density at radius 3 is 1.81 bits per heavy atom. The summed E-state index contributed by atoms with van der Waals surface area (Å²) in [5, 5.41) is 6.21. The number of para-hydroxylation sites is 1. The Hall–Kier alpha value is -4.39. The number of aromatic nitrogens is 2. The number of nitrogens with one attached hydrogen (secondary N) is 2. The summed E-state index contributed by atoms with van der Waals surface area (Å²) in [7, 11) is 0. The number of aliphatic imine (C=N–C) groups is 1. The number of carbonyl (C=O) groups is 2. The molecule has 2 N–H and O–H groups in total. The summed E-state index contributed by atoms with van der Waals surface area (Å²) >= 11 is 0. The number of rotatable bonds is 3. The molecule has 0 spiro atoms. The van der Waals surface area contributed by atoms with E-state index in [0.717, 1.165) is 16.6 Å². The Balaban J connectivity index is 1.69. The van der Waals surface area contributed by atoms with E-state index in [2.05, 4.69) is 25.6 Å². The minimum atomic E-state index is -0.412. The molecule has 152 valence electrons. The van der Waals surface area contributed by atoms with Crippen molar-refractivity contribution in [2.45, 2.75) is 6.92 Å². The second-order valence-electron chi connectivity index (χ2n) is 6.73. The molecule has 2 amide bonds. The number of fused-ring (bicyclic) bond motifs is 1. The largest absolute Gasteiger partial charge is 0.292 e. The highest BCUT2D eigenvalue weighted by molar-refractivity contribution is 6.13. The molecule has 1 aromatic heterocycles. The van der Waals surface area contributed by atoms with Crippen LogP contribution in [0, 0.1) is 6.92 Å². The Morgan fingerprint density at radius 1 is 0.710 bits per heavy atom. The normalized spacial score (nSPS) is 10.4. The van der Waals surface area contributed by atoms with Crippen molar-refractivity contribution in [3.63, 3.8) is 0 Å². The number of nitrogens with zero attached hydrogens (tertiary/aromatic N) is 3. The van der Waals surface area contributed by atoms with Crippen LogP contribution in [0.1, 0.15) is 26.4 Å². The SMILES string of the molecule is Cc1nc(N=C(NC(=O)c2ccccc2)NC(=O)c2ccccc2)nc2ccccc12. The lowest BCUT2D eigenvalue weighted by atomic mass is 10.2. The van der Waals surface area contributed by atoms with Gasteiger partial charge in [0.2, 0.25) is 5.96 Å². The molecule has 0 aliphatic rings. The third-order valence-electron chi connectivity index (χ3n) is 4.53. The second kappa shape index (κ2) is 8.96. The van der Waals surface area contributed by atoms with Crippen LogP contribution in [0.15, 0.2) is 89.9 Å². The van der Waals surface area contributed by atoms with Gasteiger partial charge in [0.05, 0.1) is 11.2 Å². The van der Waals surface area contributed by atoms with Crippen LogP contribution >= 0.6 is 0 Å². The first-order valence-corrected chi connectivity index (χ1v) is 9.65. The Bertz CT molecular complexity index is 1220. The van der Waals surface area contributed by atoms with Crippen molar-refractivity contribution >= 4 is 34.6 Å². The van der Waals surface area contributed by atoms with E-state index in [9.17, 15) is 9.59 Å². The highest BCUT2D eigenvalue weighted by atomic mass is 16.2. The molecular formula is C24H19N5O2. The molecule has 0 unspecified atom stereocenters. The monoisotopic (exact) mass is 409 g/mol. The number of guanidine groups is 1. The smallest absolute Gasteiger partial charge is 0.257 e. The summed E-state index contributed by atoms with van der Waals surface area (Å²) in [5.41, 5.74) is 2.32. The summed E-state index contributed by atoms with van der Waals surface area (Å²) in [6.45, 7) is 1.85. The van der Waals surface area contributed by atoms with E-state index in [0.29, 0.717) is 11.1 Å². The molecule has 7 nitrogen and oxygen atoms in total. The van der Waals surface area contributed by atoms with Gasteiger partial charge in [-0.05, 0) is 37.3 Å². The van der Waals surface area contributed by atoms with Crippen LogP contribution in [0.5, 0.6) is 0 Å². The minimum absolute atomic E-state index is 0.0580. The summed E-state index contributed by atoms with van der Waals surface area (Å²) < 4.78 is 0. The number of carbonyl (C=O) groups excluding carboxylic acids is 2. The zero-order chi connectivity index (χ0) is 21.6. The van der Waals surface area contributed by atoms with Gasteiger partial charge >= 0.3 is 0 Å². The Kier molecular flexibility index (Phi) is 5.75. The molecule has 0 saturated heterocycles. The van der Waals surface area contributed by atoms with Crippen molar-refractivity contribution in [3.8, 4) is 0 Å². The second-order valence-corrected chi connectivity index (χ2v) is 6.73. The van der Waals surface area contributed by atoms with Crippen LogP contribution in [-0.4, -0.2) is 27.7 Å². The van der Waals surface area contributed by atoms with E-state index in [1.807, 2.05) is 43.3 Å². The molecule has 0 bridgehead atoms. The molecule has 0 atom stereocenters. The third-order valence-corrected chi connectivity index (χ3v) is 4.53. The van der Waals surface area contributed by atoms with Crippen LogP contribution < -0.4 is 10.6 Å². The quantitative estimate of drug-likeness (QED) is 0.397. The molecular weight excluding hydrogens is 390 g/mol. The van der Waals surface area contributed by atoms with E-state index in [-0.39, 0.29) is 11.9 Å². The number of hydrogen-bond donors (Lipinski definition) is 2. The van der Waals surface area contributed by atoms with E-state index < -0.39 is 11.8 Å². The highest BCUT2D eigenvalue weighted by Crippen LogP contribution is 2.18. The van der Waals surface area contributed by atoms with Crippen molar-refractivity contribution in [2.75, 3.05) is 0 Å². The molecule has 0 fully saturated rings. The zero-order valence-electron chi connectivity index (χ0n) is 16.7. The fourth-order valence-electron chi connectivity index (χ4n) is 3.00. The van der Waals surface area contributed by atoms with Crippen LogP contribution in [0.3, 0.4) is 0 Å². The summed E-state index contributed by atoms with van der Waals surface area (Å²) in [4.78, 5) is 38.5. The lowest BCUT2D eigenvalue weighted by Gasteiger charge is -2.11. The van der Waals surface area contributed by atoms with Gasteiger partial charge in [-0.15, -0.1) is 0 Å². The highest BCUT2D eigenvalue weighted by Gasteiger charge is 2.14. The molecule has 0 aliphatic carbocycles. The van der Waals surface area contributed by atoms with E-state index in [4.69, 9.17) is 0 Å². The van der Waals surface area contributed by atoms with Gasteiger partial charge in [-0.3, -0.25) is 20.2 Å². The van der Waals surface area contributed by atoms with E-state index in [1.54, 1.807) is 48.5 Å². The maximum Gasteiger partial charge on any atom is 0.257 e. The van der Waals surface area contributed by atoms with E-state index >= 15 is 0 Å². The van der Waals surface area contributed by atoms with Gasteiger partial charge in [-0.1, -0.05) is 54.6 Å². The molecule has 31 heavy (non-hydrogen) atoms. The Labute approximate surface area is 178 Å². The van der Waals surface area contributed by atoms with Crippen LogP contribution in [-0.2, 0) is 0 Å². The van der Waals surface area contributed by atoms with Crippen molar-refractivity contribution in [1.82, 2.24) is 20.6 Å². The molecule has 4 aromatic rings. The average molecular weight is 409 g/mol. The van der Waals surface area contributed by atoms with Crippen molar-refractivity contribution < 1.29 is 9.59 Å². The van der Waals surface area contributed by atoms with Gasteiger partial charge < -0.3 is 0 Å². The number of aryl methyl sites for hydroxylation is 1. The van der Waals surface area contributed by atoms with Gasteiger partial charge in [0.25, 0.3) is 17.8 Å². The Morgan fingerprint density at radius 2 is 1.23 bits per heavy atom. The topological polar surface area (TPSA) is 96.3 Å². The van der Waals surface area contributed by atoms with Crippen molar-refractivity contribution in [1.29, 1.82) is 0 Å². The fraction of sp³-hybridized carbons (Fsp3) is 0.0417. The van der Waals surface area contributed by atoms with Crippen molar-refractivity contribution in [3.05, 3.63) is 102 Å². The molecule has 7 heteroatoms. The van der Waals surface area contributed by atoms with Crippen molar-refractivity contribution in [2.24, 2.45) is 4.99 Å². The fourth-order valence-corrected chi connectivity index (χ4v) is 3.00. The maximum atomic E-state index is 12.7. The van der Waals surface area contributed by atoms with Gasteiger partial charge in [-0.2, -0.15) is 4.99 Å². The first kappa shape index (κ1) is 19.9. The van der Waals surface area contributed by atoms with Crippen LogP contribution in [0.4, 0.5) is 5.95 Å².